The van der Waals surface area contributed by atoms with E-state index in [1.165, 1.54) is 44.1 Å². The second-order valence-electron chi connectivity index (χ2n) is 15.7. The molecule has 2 amide bonds. The first kappa shape index (κ1) is 34.2. The molecule has 5 heterocycles. The summed E-state index contributed by atoms with van der Waals surface area (Å²) >= 11 is 0. The number of carbonyl (C=O) groups is 1. The number of amides is 2. The van der Waals surface area contributed by atoms with Gasteiger partial charge in [0.1, 0.15) is 17.7 Å². The number of ether oxygens (including phenoxy) is 1. The molecule has 0 bridgehead atoms. The summed E-state index contributed by atoms with van der Waals surface area (Å²) in [6.07, 6.45) is 10.8. The van der Waals surface area contributed by atoms with Crippen LogP contribution in [0.1, 0.15) is 107 Å². The Labute approximate surface area is 306 Å². The van der Waals surface area contributed by atoms with E-state index in [0.29, 0.717) is 5.82 Å². The van der Waals surface area contributed by atoms with Gasteiger partial charge in [-0.1, -0.05) is 63.6 Å². The van der Waals surface area contributed by atoms with E-state index in [4.69, 9.17) is 9.84 Å². The van der Waals surface area contributed by atoms with Crippen LogP contribution in [0, 0.1) is 0 Å². The molecule has 1 aliphatic carbocycles. The lowest BCUT2D eigenvalue weighted by atomic mass is 9.85. The molecule has 3 aromatic heterocycles. The van der Waals surface area contributed by atoms with Crippen molar-refractivity contribution in [2.24, 2.45) is 0 Å². The van der Waals surface area contributed by atoms with Gasteiger partial charge in [0.25, 0.3) is 0 Å². The normalized spacial score (nSPS) is 19.7. The number of aromatic nitrogens is 5. The van der Waals surface area contributed by atoms with Crippen molar-refractivity contribution < 1.29 is 9.53 Å². The maximum atomic E-state index is 13.8. The quantitative estimate of drug-likeness (QED) is 0.169. The van der Waals surface area contributed by atoms with Gasteiger partial charge in [-0.2, -0.15) is 5.10 Å². The second kappa shape index (κ2) is 14.6. The minimum absolute atomic E-state index is 0.141. The van der Waals surface area contributed by atoms with Gasteiger partial charge in [0.15, 0.2) is 5.65 Å². The van der Waals surface area contributed by atoms with Gasteiger partial charge in [0.2, 0.25) is 5.95 Å². The maximum Gasteiger partial charge on any atom is 0.320 e. The van der Waals surface area contributed by atoms with Crippen LogP contribution in [0.25, 0.3) is 11.3 Å². The minimum Gasteiger partial charge on any atom is -0.484 e. The highest BCUT2D eigenvalue weighted by Gasteiger charge is 2.30. The molecule has 2 aromatic carbocycles. The third-order valence-corrected chi connectivity index (χ3v) is 10.7. The number of carbonyl (C=O) groups excluding carboxylic acids is 1. The summed E-state index contributed by atoms with van der Waals surface area (Å²) < 4.78 is 10.6. The van der Waals surface area contributed by atoms with E-state index in [1.54, 1.807) is 0 Å². The van der Waals surface area contributed by atoms with Gasteiger partial charge >= 0.3 is 6.03 Å². The number of benzene rings is 2. The zero-order chi connectivity index (χ0) is 35.7. The number of fused-ring (bicyclic) bond motifs is 2. The Kier molecular flexibility index (Phi) is 9.61. The first-order valence-corrected chi connectivity index (χ1v) is 19.1. The van der Waals surface area contributed by atoms with Crippen LogP contribution in [0.4, 0.5) is 16.6 Å². The molecule has 2 N–H and O–H groups in total. The smallest absolute Gasteiger partial charge is 0.320 e. The topological polar surface area (TPSA) is 105 Å². The molecular weight excluding hydrogens is 651 g/mol. The zero-order valence-corrected chi connectivity index (χ0v) is 30.7. The minimum atomic E-state index is -0.256. The zero-order valence-electron chi connectivity index (χ0n) is 30.7. The first-order valence-electron chi connectivity index (χ1n) is 19.1. The fourth-order valence-corrected chi connectivity index (χ4v) is 7.93. The lowest BCUT2D eigenvalue weighted by Gasteiger charge is -2.32. The molecular formula is C41H51N9O2. The Morgan fingerprint density at radius 3 is 2.40 bits per heavy atom. The predicted octanol–water partition coefficient (Wildman–Crippen LogP) is 7.97. The number of likely N-dealkylation sites (tertiary alicyclic amines) is 1. The van der Waals surface area contributed by atoms with Gasteiger partial charge in [-0.25, -0.2) is 9.48 Å². The largest absolute Gasteiger partial charge is 0.484 e. The molecule has 2 saturated heterocycles. The molecule has 5 aromatic rings. The van der Waals surface area contributed by atoms with Gasteiger partial charge in [0.05, 0.1) is 23.6 Å². The van der Waals surface area contributed by atoms with Gasteiger partial charge in [0, 0.05) is 31.1 Å². The van der Waals surface area contributed by atoms with Crippen molar-refractivity contribution in [3.63, 3.8) is 0 Å². The van der Waals surface area contributed by atoms with Crippen molar-refractivity contribution in [3.05, 3.63) is 95.3 Å². The van der Waals surface area contributed by atoms with E-state index in [9.17, 15) is 4.79 Å². The average molecular weight is 702 g/mol. The summed E-state index contributed by atoms with van der Waals surface area (Å²) in [4.78, 5) is 18.6. The first-order chi connectivity index (χ1) is 25.3. The summed E-state index contributed by atoms with van der Waals surface area (Å²) in [7, 11) is 0. The van der Waals surface area contributed by atoms with Gasteiger partial charge in [-0.05, 0) is 99.0 Å². The molecule has 272 valence electrons. The Morgan fingerprint density at radius 1 is 0.846 bits per heavy atom. The molecule has 11 heteroatoms. The third-order valence-electron chi connectivity index (χ3n) is 10.7. The molecule has 8 rings (SSSR count). The number of nitrogens with one attached hydrogen (secondary N) is 2. The maximum absolute atomic E-state index is 13.8. The summed E-state index contributed by atoms with van der Waals surface area (Å²) in [5.74, 6) is 2.30. The third kappa shape index (κ3) is 7.37. The Morgan fingerprint density at radius 2 is 1.62 bits per heavy atom. The van der Waals surface area contributed by atoms with Crippen LogP contribution in [0.2, 0.25) is 0 Å². The number of pyridine rings is 1. The van der Waals surface area contributed by atoms with E-state index in [1.807, 2.05) is 45.6 Å². The lowest BCUT2D eigenvalue weighted by molar-refractivity contribution is 0.171. The summed E-state index contributed by atoms with van der Waals surface area (Å²) in [6, 6.07) is 22.4. The number of nitrogens with zero attached hydrogens (tertiary/aromatic N) is 7. The molecule has 11 nitrogen and oxygen atoms in total. The molecule has 2 aliphatic heterocycles. The molecule has 3 aliphatic rings. The van der Waals surface area contributed by atoms with Gasteiger partial charge < -0.3 is 15.0 Å². The van der Waals surface area contributed by atoms with Crippen molar-refractivity contribution in [1.29, 1.82) is 0 Å². The van der Waals surface area contributed by atoms with Crippen molar-refractivity contribution in [2.45, 2.75) is 96.2 Å². The van der Waals surface area contributed by atoms with Crippen LogP contribution in [0.15, 0.2) is 72.9 Å². The fraction of sp³-hybridized carbons (Fsp3) is 0.463. The van der Waals surface area contributed by atoms with Crippen LogP contribution >= 0.6 is 0 Å². The second-order valence-corrected chi connectivity index (χ2v) is 15.7. The number of urea groups is 1. The SMILES string of the molecule is CC(C)(C)c1cc(NC(=O)N[C@H]2CCC(Oc3ccc4nnc(N5CCCCC5)n4c3)c3ccccc32)n(-c2cccc(CN3CCCCC3)c2)n1. The highest BCUT2D eigenvalue weighted by Crippen LogP contribution is 2.39. The Balaban J connectivity index is 0.985. The van der Waals surface area contributed by atoms with Crippen molar-refractivity contribution in [1.82, 2.24) is 34.6 Å². The Bertz CT molecular complexity index is 2020. The highest BCUT2D eigenvalue weighted by molar-refractivity contribution is 5.89. The van der Waals surface area contributed by atoms with E-state index >= 15 is 0 Å². The monoisotopic (exact) mass is 701 g/mol. The molecule has 0 spiro atoms. The van der Waals surface area contributed by atoms with Crippen LogP contribution < -0.4 is 20.3 Å². The summed E-state index contributed by atoms with van der Waals surface area (Å²) in [5.41, 5.74) is 5.90. The Hall–Kier alpha value is -4.90. The highest BCUT2D eigenvalue weighted by atomic mass is 16.5. The number of rotatable bonds is 8. The molecule has 1 unspecified atom stereocenters. The molecule has 2 fully saturated rings. The van der Waals surface area contributed by atoms with E-state index < -0.39 is 0 Å². The average Bonchev–Trinajstić information content (AvgIpc) is 3.78. The molecule has 2 atom stereocenters. The number of hydrogen-bond acceptors (Lipinski definition) is 7. The standard InChI is InChI=1S/C41H51N9O2/c1-41(2,3)36-26-38(50(46-36)30-14-12-13-29(25-30)27-47-21-8-4-9-22-47)43-39(51)42-34-18-19-35(33-16-7-6-15-32(33)34)52-31-17-20-37-44-45-40(49(37)28-31)48-23-10-5-11-24-48/h6-7,12-17,20,25-26,28,34-35H,4-5,8-11,18-19,21-24,27H2,1-3H3,(H2,42,43,51)/t34-,35?/m0/s1. The van der Waals surface area contributed by atoms with Crippen LogP contribution in [0.3, 0.4) is 0 Å². The number of anilines is 2. The lowest BCUT2D eigenvalue weighted by Crippen LogP contribution is -2.36. The van der Waals surface area contributed by atoms with Crippen LogP contribution in [-0.2, 0) is 12.0 Å². The van der Waals surface area contributed by atoms with E-state index in [2.05, 4.69) is 87.8 Å². The summed E-state index contributed by atoms with van der Waals surface area (Å²) in [6.45, 7) is 11.6. The molecule has 0 saturated carbocycles. The van der Waals surface area contributed by atoms with E-state index in [0.717, 1.165) is 85.4 Å². The van der Waals surface area contributed by atoms with Crippen LogP contribution in [-0.4, -0.2) is 61.5 Å². The summed E-state index contributed by atoms with van der Waals surface area (Å²) in [5, 5.41) is 20.4. The number of hydrogen-bond donors (Lipinski definition) is 2. The van der Waals surface area contributed by atoms with Crippen molar-refractivity contribution >= 4 is 23.4 Å². The molecule has 52 heavy (non-hydrogen) atoms. The van der Waals surface area contributed by atoms with Gasteiger partial charge in [-0.15, -0.1) is 10.2 Å². The van der Waals surface area contributed by atoms with Crippen molar-refractivity contribution in [2.75, 3.05) is 36.4 Å². The van der Waals surface area contributed by atoms with Crippen LogP contribution in [0.5, 0.6) is 5.75 Å². The molecule has 0 radical (unpaired) electrons. The number of piperidine rings is 2. The van der Waals surface area contributed by atoms with E-state index in [-0.39, 0.29) is 23.6 Å². The van der Waals surface area contributed by atoms with Crippen molar-refractivity contribution in [3.8, 4) is 11.4 Å². The van der Waals surface area contributed by atoms with Gasteiger partial charge in [-0.3, -0.25) is 14.6 Å². The fourth-order valence-electron chi connectivity index (χ4n) is 7.93. The predicted molar refractivity (Wildman–Crippen MR) is 204 cm³/mol.